The Balaban J connectivity index is 2.19. The maximum absolute atomic E-state index is 11.1. The summed E-state index contributed by atoms with van der Waals surface area (Å²) in [6, 6.07) is 2.76. The highest BCUT2D eigenvalue weighted by Crippen LogP contribution is 2.34. The molecule has 2 amide bonds. The van der Waals surface area contributed by atoms with E-state index in [2.05, 4.69) is 15.6 Å². The maximum Gasteiger partial charge on any atom is 0.319 e. The van der Waals surface area contributed by atoms with Crippen LogP contribution < -0.4 is 16.4 Å². The van der Waals surface area contributed by atoms with Crippen LogP contribution in [0.2, 0.25) is 0 Å². The van der Waals surface area contributed by atoms with Crippen molar-refractivity contribution in [1.82, 2.24) is 10.3 Å². The van der Waals surface area contributed by atoms with Gasteiger partial charge < -0.3 is 16.4 Å². The summed E-state index contributed by atoms with van der Waals surface area (Å²) in [7, 11) is 0. The van der Waals surface area contributed by atoms with E-state index in [1.54, 1.807) is 17.6 Å². The zero-order chi connectivity index (χ0) is 13.8. The highest BCUT2D eigenvalue weighted by molar-refractivity contribution is 7.16. The smallest absolute Gasteiger partial charge is 0.319 e. The number of aromatic nitrogens is 1. The average Bonchev–Trinajstić information content (AvgIpc) is 2.81. The fraction of sp³-hybridized carbons (Fsp3) is 0.200. The first-order valence-corrected chi connectivity index (χ1v) is 6.25. The zero-order valence-corrected chi connectivity index (χ0v) is 10.6. The molecular weight excluding hydrogens is 270 g/mol. The SMILES string of the molecule is NC(=O)NCCNc1ccc2scnc2c1[N+](=O)[O-]. The number of nitrogens with one attached hydrogen (secondary N) is 2. The van der Waals surface area contributed by atoms with Gasteiger partial charge in [0.2, 0.25) is 0 Å². The summed E-state index contributed by atoms with van der Waals surface area (Å²) in [6.07, 6.45) is 0. The van der Waals surface area contributed by atoms with Gasteiger partial charge in [0.15, 0.2) is 5.52 Å². The molecule has 1 aromatic carbocycles. The van der Waals surface area contributed by atoms with Crippen LogP contribution in [0.1, 0.15) is 0 Å². The van der Waals surface area contributed by atoms with Gasteiger partial charge in [0, 0.05) is 13.1 Å². The Kier molecular flexibility index (Phi) is 3.76. The summed E-state index contributed by atoms with van der Waals surface area (Å²) in [6.45, 7) is 0.612. The predicted molar refractivity (Wildman–Crippen MR) is 72.4 cm³/mol. The van der Waals surface area contributed by atoms with Crippen LogP contribution in [0.25, 0.3) is 10.2 Å². The van der Waals surface area contributed by atoms with E-state index < -0.39 is 11.0 Å². The van der Waals surface area contributed by atoms with Gasteiger partial charge in [0.1, 0.15) is 5.69 Å². The van der Waals surface area contributed by atoms with Gasteiger partial charge in [-0.1, -0.05) is 0 Å². The van der Waals surface area contributed by atoms with Crippen LogP contribution in [-0.4, -0.2) is 29.0 Å². The fourth-order valence-corrected chi connectivity index (χ4v) is 2.31. The molecule has 0 aliphatic rings. The third kappa shape index (κ3) is 2.88. The number of thiazole rings is 1. The van der Waals surface area contributed by atoms with Crippen LogP contribution in [0.3, 0.4) is 0 Å². The molecule has 1 aromatic heterocycles. The standard InChI is InChI=1S/C10H11N5O3S/c11-10(16)13-4-3-12-6-1-2-7-8(14-5-19-7)9(6)15(17)18/h1-2,5,12H,3-4H2,(H3,11,13,16). The van der Waals surface area contributed by atoms with Crippen LogP contribution in [0, 0.1) is 10.1 Å². The van der Waals surface area contributed by atoms with Gasteiger partial charge in [-0.05, 0) is 12.1 Å². The third-order valence-corrected chi connectivity index (χ3v) is 3.19. The number of amides is 2. The summed E-state index contributed by atoms with van der Waals surface area (Å²) in [5, 5.41) is 16.4. The van der Waals surface area contributed by atoms with Gasteiger partial charge in [0.25, 0.3) is 0 Å². The number of urea groups is 1. The second-order valence-electron chi connectivity index (χ2n) is 3.64. The fourth-order valence-electron chi connectivity index (χ4n) is 1.63. The molecule has 19 heavy (non-hydrogen) atoms. The lowest BCUT2D eigenvalue weighted by atomic mass is 10.2. The molecule has 0 saturated carbocycles. The van der Waals surface area contributed by atoms with Crippen LogP contribution in [-0.2, 0) is 0 Å². The third-order valence-electron chi connectivity index (χ3n) is 2.40. The van der Waals surface area contributed by atoms with Crippen molar-refractivity contribution in [1.29, 1.82) is 0 Å². The number of anilines is 1. The number of nitrogens with zero attached hydrogens (tertiary/aromatic N) is 2. The van der Waals surface area contributed by atoms with Crippen molar-refractivity contribution < 1.29 is 9.72 Å². The van der Waals surface area contributed by atoms with Gasteiger partial charge in [-0.15, -0.1) is 11.3 Å². The van der Waals surface area contributed by atoms with Crippen molar-refractivity contribution >= 4 is 39.0 Å². The summed E-state index contributed by atoms with van der Waals surface area (Å²) in [5.74, 6) is 0. The Morgan fingerprint density at radius 2 is 2.26 bits per heavy atom. The topological polar surface area (TPSA) is 123 Å². The highest BCUT2D eigenvalue weighted by Gasteiger charge is 2.20. The molecule has 0 bridgehead atoms. The van der Waals surface area contributed by atoms with E-state index in [0.717, 1.165) is 4.70 Å². The molecule has 0 radical (unpaired) electrons. The van der Waals surface area contributed by atoms with E-state index >= 15 is 0 Å². The molecule has 0 aliphatic heterocycles. The first-order valence-electron chi connectivity index (χ1n) is 5.37. The Bertz CT molecular complexity index is 627. The van der Waals surface area contributed by atoms with Gasteiger partial charge in [-0.25, -0.2) is 9.78 Å². The minimum absolute atomic E-state index is 0.0576. The molecule has 0 atom stereocenters. The minimum atomic E-state index is -0.633. The molecule has 0 aliphatic carbocycles. The first-order chi connectivity index (χ1) is 9.09. The number of carbonyl (C=O) groups is 1. The normalized spacial score (nSPS) is 10.3. The van der Waals surface area contributed by atoms with Crippen LogP contribution >= 0.6 is 11.3 Å². The number of nitro groups is 1. The van der Waals surface area contributed by atoms with Crippen molar-refractivity contribution in [3.05, 3.63) is 27.8 Å². The monoisotopic (exact) mass is 281 g/mol. The molecule has 0 saturated heterocycles. The molecule has 2 aromatic rings. The Morgan fingerprint density at radius 3 is 2.95 bits per heavy atom. The number of rotatable bonds is 5. The number of nitrogens with two attached hydrogens (primary N) is 1. The average molecular weight is 281 g/mol. The van der Waals surface area contributed by atoms with Gasteiger partial charge in [-0.3, -0.25) is 10.1 Å². The van der Waals surface area contributed by atoms with Crippen LogP contribution in [0.4, 0.5) is 16.2 Å². The Morgan fingerprint density at radius 1 is 1.47 bits per heavy atom. The summed E-state index contributed by atoms with van der Waals surface area (Å²) in [4.78, 5) is 25.1. The number of fused-ring (bicyclic) bond motifs is 1. The lowest BCUT2D eigenvalue weighted by Crippen LogP contribution is -2.33. The predicted octanol–water partition coefficient (Wildman–Crippen LogP) is 1.28. The number of hydrogen-bond acceptors (Lipinski definition) is 6. The molecule has 0 spiro atoms. The molecule has 8 nitrogen and oxygen atoms in total. The molecule has 0 unspecified atom stereocenters. The number of benzene rings is 1. The van der Waals surface area contributed by atoms with Crippen molar-refractivity contribution in [2.24, 2.45) is 5.73 Å². The van der Waals surface area contributed by atoms with E-state index in [-0.39, 0.29) is 12.2 Å². The number of hydrogen-bond donors (Lipinski definition) is 3. The molecule has 1 heterocycles. The van der Waals surface area contributed by atoms with E-state index in [9.17, 15) is 14.9 Å². The maximum atomic E-state index is 11.1. The van der Waals surface area contributed by atoms with Gasteiger partial charge in [0.05, 0.1) is 15.1 Å². The molecule has 0 fully saturated rings. The van der Waals surface area contributed by atoms with E-state index in [4.69, 9.17) is 5.73 Å². The van der Waals surface area contributed by atoms with Gasteiger partial charge in [-0.2, -0.15) is 0 Å². The quantitative estimate of drug-likeness (QED) is 0.433. The summed E-state index contributed by atoms with van der Waals surface area (Å²) >= 11 is 1.34. The van der Waals surface area contributed by atoms with E-state index in [1.807, 2.05) is 0 Å². The van der Waals surface area contributed by atoms with Crippen LogP contribution in [0.15, 0.2) is 17.6 Å². The van der Waals surface area contributed by atoms with E-state index in [1.165, 1.54) is 11.3 Å². The number of carbonyl (C=O) groups excluding carboxylic acids is 1. The van der Waals surface area contributed by atoms with E-state index in [0.29, 0.717) is 17.7 Å². The lowest BCUT2D eigenvalue weighted by Gasteiger charge is -2.07. The molecule has 2 rings (SSSR count). The summed E-state index contributed by atoms with van der Waals surface area (Å²) in [5.41, 5.74) is 7.16. The van der Waals surface area contributed by atoms with Crippen LogP contribution in [0.5, 0.6) is 0 Å². The van der Waals surface area contributed by atoms with Gasteiger partial charge >= 0.3 is 11.7 Å². The highest BCUT2D eigenvalue weighted by atomic mass is 32.1. The minimum Gasteiger partial charge on any atom is -0.378 e. The van der Waals surface area contributed by atoms with Crippen molar-refractivity contribution in [2.45, 2.75) is 0 Å². The molecular formula is C10H11N5O3S. The molecule has 9 heteroatoms. The molecule has 4 N–H and O–H groups in total. The second kappa shape index (κ2) is 5.48. The Hall–Kier alpha value is -2.42. The lowest BCUT2D eigenvalue weighted by molar-refractivity contribution is -0.382. The number of nitro benzene ring substituents is 1. The second-order valence-corrected chi connectivity index (χ2v) is 4.52. The van der Waals surface area contributed by atoms with Crippen molar-refractivity contribution in [2.75, 3.05) is 18.4 Å². The largest absolute Gasteiger partial charge is 0.378 e. The first kappa shape index (κ1) is 13.0. The molecule has 100 valence electrons. The van der Waals surface area contributed by atoms with Crippen molar-refractivity contribution in [3.8, 4) is 0 Å². The zero-order valence-electron chi connectivity index (χ0n) is 9.75. The summed E-state index contributed by atoms with van der Waals surface area (Å²) < 4.78 is 0.757. The number of primary amides is 1. The van der Waals surface area contributed by atoms with Crippen molar-refractivity contribution in [3.63, 3.8) is 0 Å². The Labute approximate surface area is 111 Å².